The molecule has 1 spiro atoms. The lowest BCUT2D eigenvalue weighted by Crippen LogP contribution is -2.58. The van der Waals surface area contributed by atoms with Crippen LogP contribution in [0.1, 0.15) is 12.5 Å². The molecule has 7 rings (SSSR count). The molecule has 6 nitrogen and oxygen atoms in total. The van der Waals surface area contributed by atoms with Gasteiger partial charge in [0, 0.05) is 16.4 Å². The summed E-state index contributed by atoms with van der Waals surface area (Å²) in [4.78, 5) is 14.9. The SMILES string of the molecule is CC1=NN(c2ccccc2Cl)C2(SCC(=O)N2c2ccc(Oc3ccc(Cl)cc3Cl)cc2)C1Cc1cccc(Oc2ccccc2)c1. The number of ether oxygens (including phenoxy) is 2. The zero-order chi connectivity index (χ0) is 32.5. The summed E-state index contributed by atoms with van der Waals surface area (Å²) >= 11 is 20.8. The molecule has 2 unspecified atom stereocenters. The van der Waals surface area contributed by atoms with Gasteiger partial charge in [-0.05, 0) is 97.8 Å². The molecule has 47 heavy (non-hydrogen) atoms. The van der Waals surface area contributed by atoms with Crippen LogP contribution in [0.15, 0.2) is 126 Å². The van der Waals surface area contributed by atoms with Gasteiger partial charge < -0.3 is 9.47 Å². The minimum absolute atomic E-state index is 0.0301. The van der Waals surface area contributed by atoms with E-state index in [1.807, 2.05) is 114 Å². The second-order valence-corrected chi connectivity index (χ2v) is 13.6. The summed E-state index contributed by atoms with van der Waals surface area (Å²) in [5.41, 5.74) is 3.38. The molecule has 0 N–H and O–H groups in total. The molecule has 0 bridgehead atoms. The molecular formula is C37H28Cl3N3O3S. The maximum Gasteiger partial charge on any atom is 0.239 e. The predicted octanol–water partition coefficient (Wildman–Crippen LogP) is 10.7. The van der Waals surface area contributed by atoms with Crippen molar-refractivity contribution < 1.29 is 14.3 Å². The highest BCUT2D eigenvalue weighted by atomic mass is 35.5. The molecule has 0 aliphatic carbocycles. The van der Waals surface area contributed by atoms with E-state index < -0.39 is 4.99 Å². The third kappa shape index (κ3) is 6.17. The number of nitrogens with zero attached hydrogens (tertiary/aromatic N) is 3. The largest absolute Gasteiger partial charge is 0.457 e. The summed E-state index contributed by atoms with van der Waals surface area (Å²) in [7, 11) is 0. The van der Waals surface area contributed by atoms with Crippen molar-refractivity contribution in [3.63, 3.8) is 0 Å². The molecule has 0 saturated carbocycles. The van der Waals surface area contributed by atoms with Crippen molar-refractivity contribution in [1.82, 2.24) is 0 Å². The minimum atomic E-state index is -0.926. The number of hydrogen-bond donors (Lipinski definition) is 0. The summed E-state index contributed by atoms with van der Waals surface area (Å²) in [6.45, 7) is 2.02. The second kappa shape index (κ2) is 13.2. The van der Waals surface area contributed by atoms with Crippen LogP contribution in [0.2, 0.25) is 15.1 Å². The number of rotatable bonds is 8. The summed E-state index contributed by atoms with van der Waals surface area (Å²) in [6.07, 6.45) is 0.606. The van der Waals surface area contributed by atoms with Crippen molar-refractivity contribution >= 4 is 69.6 Å². The number of para-hydroxylation sites is 2. The van der Waals surface area contributed by atoms with Gasteiger partial charge in [0.15, 0.2) is 4.99 Å². The Hall–Kier alpha value is -4.14. The van der Waals surface area contributed by atoms with Crippen LogP contribution >= 0.6 is 46.6 Å². The standard InChI is InChI=1S/C37H28Cl3N3O3S/c1-24-31(21-25-8-7-11-30(20-25)45-28-9-3-2-4-10-28)37(43(41-24)34-13-6-5-12-32(34)39)42(36(44)23-47-37)27-15-17-29(18-16-27)46-35-19-14-26(38)22-33(35)40/h2-20,22,31H,21,23H2,1H3. The number of hydrazone groups is 1. The van der Waals surface area contributed by atoms with E-state index in [9.17, 15) is 4.79 Å². The first-order valence-electron chi connectivity index (χ1n) is 14.9. The Morgan fingerprint density at radius 1 is 0.787 bits per heavy atom. The van der Waals surface area contributed by atoms with Gasteiger partial charge in [-0.15, -0.1) is 0 Å². The van der Waals surface area contributed by atoms with Crippen molar-refractivity contribution in [2.75, 3.05) is 15.7 Å². The van der Waals surface area contributed by atoms with Crippen LogP contribution in [-0.4, -0.2) is 22.4 Å². The van der Waals surface area contributed by atoms with Crippen LogP contribution < -0.4 is 19.4 Å². The van der Waals surface area contributed by atoms with E-state index in [2.05, 4.69) is 6.07 Å². The molecule has 0 radical (unpaired) electrons. The van der Waals surface area contributed by atoms with Gasteiger partial charge in [-0.2, -0.15) is 5.10 Å². The fraction of sp³-hybridized carbons (Fsp3) is 0.135. The lowest BCUT2D eigenvalue weighted by Gasteiger charge is -2.44. The quantitative estimate of drug-likeness (QED) is 0.161. The third-order valence-electron chi connectivity index (χ3n) is 8.11. The van der Waals surface area contributed by atoms with Crippen LogP contribution in [-0.2, 0) is 11.2 Å². The average Bonchev–Trinajstić information content (AvgIpc) is 3.55. The molecule has 5 aromatic carbocycles. The molecule has 0 aromatic heterocycles. The van der Waals surface area contributed by atoms with E-state index in [-0.39, 0.29) is 17.6 Å². The normalized spacial score (nSPS) is 18.9. The number of halogens is 3. The summed E-state index contributed by atoms with van der Waals surface area (Å²) < 4.78 is 12.2. The number of hydrogen-bond acceptors (Lipinski definition) is 6. The summed E-state index contributed by atoms with van der Waals surface area (Å²) in [6, 6.07) is 37.8. The minimum Gasteiger partial charge on any atom is -0.457 e. The first-order chi connectivity index (χ1) is 22.8. The molecule has 1 amide bonds. The molecule has 2 atom stereocenters. The molecule has 236 valence electrons. The van der Waals surface area contributed by atoms with Crippen molar-refractivity contribution in [1.29, 1.82) is 0 Å². The van der Waals surface area contributed by atoms with Crippen LogP contribution in [0.25, 0.3) is 0 Å². The van der Waals surface area contributed by atoms with E-state index in [4.69, 9.17) is 49.4 Å². The fourth-order valence-corrected chi connectivity index (χ4v) is 8.19. The maximum atomic E-state index is 13.9. The summed E-state index contributed by atoms with van der Waals surface area (Å²) in [5.74, 6) is 2.61. The average molecular weight is 701 g/mol. The second-order valence-electron chi connectivity index (χ2n) is 11.2. The van der Waals surface area contributed by atoms with Gasteiger partial charge in [0.05, 0.1) is 27.4 Å². The number of thioether (sulfide) groups is 1. The summed E-state index contributed by atoms with van der Waals surface area (Å²) in [5, 5.41) is 8.49. The molecular weight excluding hydrogens is 673 g/mol. The molecule has 10 heteroatoms. The number of anilines is 2. The Morgan fingerprint density at radius 2 is 1.51 bits per heavy atom. The Morgan fingerprint density at radius 3 is 2.28 bits per heavy atom. The van der Waals surface area contributed by atoms with Gasteiger partial charge in [-0.25, -0.2) is 5.01 Å². The Kier molecular flexibility index (Phi) is 8.81. The highest BCUT2D eigenvalue weighted by molar-refractivity contribution is 8.02. The molecule has 5 aromatic rings. The molecule has 1 fully saturated rings. The van der Waals surface area contributed by atoms with Gasteiger partial charge in [-0.1, -0.05) is 89.0 Å². The highest BCUT2D eigenvalue weighted by Crippen LogP contribution is 2.54. The Bertz CT molecular complexity index is 1980. The van der Waals surface area contributed by atoms with Crippen molar-refractivity contribution in [3.05, 3.63) is 142 Å². The van der Waals surface area contributed by atoms with Crippen LogP contribution in [0.4, 0.5) is 11.4 Å². The number of benzene rings is 5. The molecule has 2 aliphatic heterocycles. The van der Waals surface area contributed by atoms with Crippen LogP contribution in [0.3, 0.4) is 0 Å². The van der Waals surface area contributed by atoms with Gasteiger partial charge in [-0.3, -0.25) is 9.69 Å². The first-order valence-corrected chi connectivity index (χ1v) is 17.1. The van der Waals surface area contributed by atoms with Gasteiger partial charge in [0.1, 0.15) is 23.0 Å². The first kappa shape index (κ1) is 31.5. The van der Waals surface area contributed by atoms with Gasteiger partial charge >= 0.3 is 0 Å². The maximum absolute atomic E-state index is 13.9. The zero-order valence-electron chi connectivity index (χ0n) is 25.1. The zero-order valence-corrected chi connectivity index (χ0v) is 28.2. The smallest absolute Gasteiger partial charge is 0.239 e. The predicted molar refractivity (Wildman–Crippen MR) is 193 cm³/mol. The van der Waals surface area contributed by atoms with E-state index in [0.29, 0.717) is 38.7 Å². The van der Waals surface area contributed by atoms with Crippen molar-refractivity contribution in [2.24, 2.45) is 11.0 Å². The number of carbonyl (C=O) groups is 1. The monoisotopic (exact) mass is 699 g/mol. The van der Waals surface area contributed by atoms with Crippen molar-refractivity contribution in [3.8, 4) is 23.0 Å². The van der Waals surface area contributed by atoms with E-state index in [0.717, 1.165) is 28.5 Å². The Labute approximate surface area is 292 Å². The van der Waals surface area contributed by atoms with Gasteiger partial charge in [0.25, 0.3) is 0 Å². The van der Waals surface area contributed by atoms with Crippen LogP contribution in [0, 0.1) is 5.92 Å². The lowest BCUT2D eigenvalue weighted by atomic mass is 9.91. The highest BCUT2D eigenvalue weighted by Gasteiger charge is 2.61. The Balaban J connectivity index is 1.26. The van der Waals surface area contributed by atoms with Crippen LogP contribution in [0.5, 0.6) is 23.0 Å². The molecule has 2 heterocycles. The van der Waals surface area contributed by atoms with Gasteiger partial charge in [0.2, 0.25) is 5.91 Å². The van der Waals surface area contributed by atoms with E-state index >= 15 is 0 Å². The number of carbonyl (C=O) groups excluding carboxylic acids is 1. The van der Waals surface area contributed by atoms with E-state index in [1.54, 1.807) is 30.0 Å². The lowest BCUT2D eigenvalue weighted by molar-refractivity contribution is -0.116. The topological polar surface area (TPSA) is 54.4 Å². The third-order valence-corrected chi connectivity index (χ3v) is 10.4. The fourth-order valence-electron chi connectivity index (χ4n) is 6.01. The molecule has 1 saturated heterocycles. The van der Waals surface area contributed by atoms with Crippen molar-refractivity contribution in [2.45, 2.75) is 18.3 Å². The number of amides is 1. The molecule has 2 aliphatic rings. The van der Waals surface area contributed by atoms with E-state index in [1.165, 1.54) is 0 Å².